The van der Waals surface area contributed by atoms with Gasteiger partial charge >= 0.3 is 6.18 Å². The molecule has 1 aromatic heterocycles. The molecule has 0 fully saturated rings. The first-order valence-corrected chi connectivity index (χ1v) is 5.48. The maximum absolute atomic E-state index is 12.4. The Hall–Kier alpha value is -2.57. The van der Waals surface area contributed by atoms with E-state index in [0.29, 0.717) is 11.1 Å². The minimum Gasteiger partial charge on any atom is -0.166 e. The van der Waals surface area contributed by atoms with Crippen molar-refractivity contribution < 1.29 is 13.2 Å². The molecule has 0 N–H and O–H groups in total. The molecule has 0 unspecified atom stereocenters. The predicted molar refractivity (Wildman–Crippen MR) is 67.3 cm³/mol. The molecule has 0 radical (unpaired) electrons. The van der Waals surface area contributed by atoms with Crippen molar-refractivity contribution >= 4 is 5.57 Å². The Bertz CT molecular complexity index is 630. The molecular weight excluding hydrogens is 269 g/mol. The van der Waals surface area contributed by atoms with E-state index in [1.165, 1.54) is 18.2 Å². The Kier molecular flexibility index (Phi) is 3.60. The number of benzene rings is 1. The number of hydrogen-bond donors (Lipinski definition) is 0. The first-order valence-electron chi connectivity index (χ1n) is 5.48. The van der Waals surface area contributed by atoms with Crippen LogP contribution < -0.4 is 0 Å². The minimum absolute atomic E-state index is 0.138. The molecule has 4 nitrogen and oxygen atoms in total. The van der Waals surface area contributed by atoms with Crippen LogP contribution in [-0.2, 0) is 6.18 Å². The van der Waals surface area contributed by atoms with Crippen molar-refractivity contribution in [1.82, 2.24) is 20.4 Å². The van der Waals surface area contributed by atoms with Gasteiger partial charge in [0.05, 0.1) is 5.56 Å². The fourth-order valence-corrected chi connectivity index (χ4v) is 1.37. The van der Waals surface area contributed by atoms with Gasteiger partial charge in [-0.25, -0.2) is 0 Å². The fourth-order valence-electron chi connectivity index (χ4n) is 1.37. The molecule has 0 aliphatic heterocycles. The van der Waals surface area contributed by atoms with Crippen LogP contribution in [0.15, 0.2) is 43.5 Å². The number of halogens is 3. The highest BCUT2D eigenvalue weighted by Gasteiger charge is 2.30. The van der Waals surface area contributed by atoms with E-state index in [0.717, 1.165) is 12.1 Å². The zero-order valence-electron chi connectivity index (χ0n) is 10.2. The molecule has 1 heterocycles. The van der Waals surface area contributed by atoms with Crippen molar-refractivity contribution in [3.05, 3.63) is 54.9 Å². The predicted octanol–water partition coefficient (Wildman–Crippen LogP) is 3.15. The van der Waals surface area contributed by atoms with Crippen molar-refractivity contribution in [2.45, 2.75) is 6.18 Å². The first-order chi connectivity index (χ1) is 9.41. The van der Waals surface area contributed by atoms with Gasteiger partial charge in [0, 0.05) is 11.1 Å². The van der Waals surface area contributed by atoms with Gasteiger partial charge < -0.3 is 0 Å². The van der Waals surface area contributed by atoms with Gasteiger partial charge in [0.1, 0.15) is 0 Å². The van der Waals surface area contributed by atoms with Crippen LogP contribution >= 0.6 is 0 Å². The largest absolute Gasteiger partial charge is 0.416 e. The lowest BCUT2D eigenvalue weighted by molar-refractivity contribution is -0.137. The molecule has 7 heteroatoms. The van der Waals surface area contributed by atoms with Crippen molar-refractivity contribution in [2.24, 2.45) is 0 Å². The second kappa shape index (κ2) is 5.20. The molecule has 102 valence electrons. The maximum Gasteiger partial charge on any atom is 0.416 e. The number of rotatable bonds is 3. The fraction of sp³-hybridized carbons (Fsp3) is 0.0769. The van der Waals surface area contributed by atoms with E-state index < -0.39 is 11.7 Å². The molecule has 0 amide bonds. The molecule has 0 aliphatic rings. The minimum atomic E-state index is -4.37. The summed E-state index contributed by atoms with van der Waals surface area (Å²) >= 11 is 0. The summed E-state index contributed by atoms with van der Waals surface area (Å²) in [6.07, 6.45) is -2.92. The topological polar surface area (TPSA) is 51.6 Å². The Morgan fingerprint density at radius 3 is 2.00 bits per heavy atom. The lowest BCUT2D eigenvalue weighted by Gasteiger charge is -2.06. The highest BCUT2D eigenvalue weighted by atomic mass is 19.4. The van der Waals surface area contributed by atoms with E-state index in [2.05, 4.69) is 33.6 Å². The SMILES string of the molecule is C=CC(=C)c1nnc(-c2ccc(C(F)(F)F)cc2)nn1. The van der Waals surface area contributed by atoms with Crippen LogP contribution in [0.1, 0.15) is 11.4 Å². The highest BCUT2D eigenvalue weighted by Crippen LogP contribution is 2.30. The van der Waals surface area contributed by atoms with E-state index in [-0.39, 0.29) is 11.6 Å². The molecule has 2 rings (SSSR count). The van der Waals surface area contributed by atoms with Crippen LogP contribution in [0.5, 0.6) is 0 Å². The summed E-state index contributed by atoms with van der Waals surface area (Å²) in [4.78, 5) is 0. The van der Waals surface area contributed by atoms with E-state index in [9.17, 15) is 13.2 Å². The summed E-state index contributed by atoms with van der Waals surface area (Å²) in [5.41, 5.74) is 0.122. The summed E-state index contributed by atoms with van der Waals surface area (Å²) < 4.78 is 37.3. The third-order valence-corrected chi connectivity index (χ3v) is 2.48. The van der Waals surface area contributed by atoms with Gasteiger partial charge in [0.25, 0.3) is 0 Å². The van der Waals surface area contributed by atoms with E-state index >= 15 is 0 Å². The van der Waals surface area contributed by atoms with Gasteiger partial charge in [-0.05, 0) is 12.1 Å². The van der Waals surface area contributed by atoms with Crippen LogP contribution in [0.2, 0.25) is 0 Å². The molecule has 2 aromatic rings. The molecule has 0 aliphatic carbocycles. The molecular formula is C13H9F3N4. The quantitative estimate of drug-likeness (QED) is 0.809. The Morgan fingerprint density at radius 2 is 1.55 bits per heavy atom. The number of hydrogen-bond acceptors (Lipinski definition) is 4. The molecule has 0 atom stereocenters. The smallest absolute Gasteiger partial charge is 0.166 e. The van der Waals surface area contributed by atoms with Gasteiger partial charge in [-0.2, -0.15) is 13.2 Å². The normalized spacial score (nSPS) is 11.2. The van der Waals surface area contributed by atoms with Crippen LogP contribution in [-0.4, -0.2) is 20.4 Å². The summed E-state index contributed by atoms with van der Waals surface area (Å²) in [6, 6.07) is 4.44. The van der Waals surface area contributed by atoms with E-state index in [1.54, 1.807) is 0 Å². The molecule has 1 aromatic carbocycles. The zero-order chi connectivity index (χ0) is 14.8. The van der Waals surface area contributed by atoms with Crippen LogP contribution in [0.4, 0.5) is 13.2 Å². The number of nitrogens with zero attached hydrogens (tertiary/aromatic N) is 4. The maximum atomic E-state index is 12.4. The number of allylic oxidation sites excluding steroid dienone is 2. The standard InChI is InChI=1S/C13H9F3N4/c1-3-8(2)11-17-19-12(20-18-11)9-4-6-10(7-5-9)13(14,15)16/h3-7H,1-2H2. The lowest BCUT2D eigenvalue weighted by Crippen LogP contribution is -2.05. The van der Waals surface area contributed by atoms with Crippen molar-refractivity contribution in [1.29, 1.82) is 0 Å². The van der Waals surface area contributed by atoms with E-state index in [4.69, 9.17) is 0 Å². The monoisotopic (exact) mass is 278 g/mol. The van der Waals surface area contributed by atoms with Crippen LogP contribution in [0.3, 0.4) is 0 Å². The van der Waals surface area contributed by atoms with Gasteiger partial charge in [0.15, 0.2) is 0 Å². The lowest BCUT2D eigenvalue weighted by atomic mass is 10.1. The third-order valence-electron chi connectivity index (χ3n) is 2.48. The summed E-state index contributed by atoms with van der Waals surface area (Å²) in [6.45, 7) is 7.15. The summed E-state index contributed by atoms with van der Waals surface area (Å²) in [7, 11) is 0. The summed E-state index contributed by atoms with van der Waals surface area (Å²) in [5, 5.41) is 15.2. The Morgan fingerprint density at radius 1 is 1.00 bits per heavy atom. The average molecular weight is 278 g/mol. The van der Waals surface area contributed by atoms with Gasteiger partial charge in [-0.3, -0.25) is 0 Å². The van der Waals surface area contributed by atoms with Crippen molar-refractivity contribution in [3.63, 3.8) is 0 Å². The second-order valence-corrected chi connectivity index (χ2v) is 3.85. The zero-order valence-corrected chi connectivity index (χ0v) is 10.2. The number of aromatic nitrogens is 4. The van der Waals surface area contributed by atoms with E-state index in [1.807, 2.05) is 0 Å². The third kappa shape index (κ3) is 2.87. The van der Waals surface area contributed by atoms with Crippen LogP contribution in [0.25, 0.3) is 17.0 Å². The molecule has 20 heavy (non-hydrogen) atoms. The van der Waals surface area contributed by atoms with Crippen LogP contribution in [0, 0.1) is 0 Å². The Balaban J connectivity index is 2.28. The van der Waals surface area contributed by atoms with Gasteiger partial charge in [0.2, 0.25) is 11.6 Å². The first kappa shape index (κ1) is 13.9. The van der Waals surface area contributed by atoms with Gasteiger partial charge in [-0.1, -0.05) is 31.4 Å². The molecule has 0 spiro atoms. The Labute approximate surface area is 112 Å². The van der Waals surface area contributed by atoms with Crippen molar-refractivity contribution in [2.75, 3.05) is 0 Å². The second-order valence-electron chi connectivity index (χ2n) is 3.85. The highest BCUT2D eigenvalue weighted by molar-refractivity contribution is 5.65. The van der Waals surface area contributed by atoms with Gasteiger partial charge in [-0.15, -0.1) is 20.4 Å². The average Bonchev–Trinajstić information content (AvgIpc) is 2.46. The molecule has 0 saturated carbocycles. The number of alkyl halides is 3. The van der Waals surface area contributed by atoms with Crippen molar-refractivity contribution in [3.8, 4) is 11.4 Å². The molecule has 0 bridgehead atoms. The summed E-state index contributed by atoms with van der Waals surface area (Å²) in [5.74, 6) is 0.356. The molecule has 0 saturated heterocycles.